The summed E-state index contributed by atoms with van der Waals surface area (Å²) in [5.74, 6) is -2.51. The lowest BCUT2D eigenvalue weighted by atomic mass is 10.0. The van der Waals surface area contributed by atoms with E-state index in [4.69, 9.17) is 4.74 Å². The number of carbonyl (C=O) groups is 1. The molecule has 1 unspecified atom stereocenters. The Morgan fingerprint density at radius 3 is 2.32 bits per heavy atom. The number of amides is 1. The van der Waals surface area contributed by atoms with Crippen LogP contribution in [0.25, 0.3) is 0 Å². The van der Waals surface area contributed by atoms with E-state index in [0.29, 0.717) is 19.6 Å². The number of benzene rings is 1. The van der Waals surface area contributed by atoms with Crippen molar-refractivity contribution in [2.24, 2.45) is 0 Å². The Labute approximate surface area is 148 Å². The molecule has 4 nitrogen and oxygen atoms in total. The lowest BCUT2D eigenvalue weighted by molar-refractivity contribution is -0.0566. The van der Waals surface area contributed by atoms with Gasteiger partial charge in [0.15, 0.2) is 0 Å². The zero-order valence-corrected chi connectivity index (χ0v) is 15.4. The third-order valence-electron chi connectivity index (χ3n) is 4.21. The molecule has 0 bridgehead atoms. The van der Waals surface area contributed by atoms with Crippen LogP contribution < -0.4 is 5.32 Å². The van der Waals surface area contributed by atoms with Crippen LogP contribution in [0.1, 0.15) is 57.7 Å². The van der Waals surface area contributed by atoms with Crippen molar-refractivity contribution >= 4 is 6.09 Å². The normalized spacial score (nSPS) is 19.3. The number of likely N-dealkylation sites (tertiary alicyclic amines) is 1. The van der Waals surface area contributed by atoms with Gasteiger partial charge in [0.05, 0.1) is 6.04 Å². The highest BCUT2D eigenvalue weighted by Gasteiger charge is 2.33. The van der Waals surface area contributed by atoms with E-state index in [0.717, 1.165) is 11.1 Å². The van der Waals surface area contributed by atoms with Gasteiger partial charge >= 0.3 is 6.09 Å². The summed E-state index contributed by atoms with van der Waals surface area (Å²) in [5, 5.41) is 2.81. The van der Waals surface area contributed by atoms with E-state index in [1.165, 1.54) is 0 Å². The number of alkyl halides is 2. The molecule has 0 saturated carbocycles. The number of hydrogen-bond donors (Lipinski definition) is 1. The second kappa shape index (κ2) is 7.68. The molecule has 1 amide bonds. The Bertz CT molecular complexity index is 572. The van der Waals surface area contributed by atoms with Gasteiger partial charge in [-0.2, -0.15) is 0 Å². The third-order valence-corrected chi connectivity index (χ3v) is 4.21. The van der Waals surface area contributed by atoms with E-state index in [-0.39, 0.29) is 18.9 Å². The minimum absolute atomic E-state index is 0.0675. The molecular formula is C19H28F2N2O2. The minimum Gasteiger partial charge on any atom is -0.444 e. The molecular weight excluding hydrogens is 326 g/mol. The summed E-state index contributed by atoms with van der Waals surface area (Å²) < 4.78 is 31.6. The van der Waals surface area contributed by atoms with Gasteiger partial charge in [-0.1, -0.05) is 24.3 Å². The number of halogens is 2. The highest BCUT2D eigenvalue weighted by atomic mass is 19.3. The molecule has 2 rings (SSSR count). The summed E-state index contributed by atoms with van der Waals surface area (Å²) in [6, 6.07) is 7.70. The predicted octanol–water partition coefficient (Wildman–Crippen LogP) is 4.50. The van der Waals surface area contributed by atoms with Gasteiger partial charge in [0.1, 0.15) is 5.60 Å². The van der Waals surface area contributed by atoms with Crippen LogP contribution in [-0.4, -0.2) is 35.6 Å². The quantitative estimate of drug-likeness (QED) is 0.865. The average molecular weight is 354 g/mol. The molecule has 1 N–H and O–H groups in total. The second-order valence-corrected chi connectivity index (χ2v) is 7.74. The second-order valence-electron chi connectivity index (χ2n) is 7.74. The van der Waals surface area contributed by atoms with E-state index in [1.807, 2.05) is 52.0 Å². The molecule has 0 aliphatic carbocycles. The Kier molecular flexibility index (Phi) is 6.03. The van der Waals surface area contributed by atoms with Gasteiger partial charge in [0.25, 0.3) is 5.92 Å². The van der Waals surface area contributed by atoms with Gasteiger partial charge in [-0.25, -0.2) is 13.6 Å². The summed E-state index contributed by atoms with van der Waals surface area (Å²) in [5.41, 5.74) is 1.53. The summed E-state index contributed by atoms with van der Waals surface area (Å²) in [7, 11) is 0. The van der Waals surface area contributed by atoms with E-state index in [9.17, 15) is 13.6 Å². The maximum Gasteiger partial charge on any atom is 0.408 e. The highest BCUT2D eigenvalue weighted by Crippen LogP contribution is 2.28. The molecule has 0 radical (unpaired) electrons. The molecule has 140 valence electrons. The van der Waals surface area contributed by atoms with Gasteiger partial charge in [-0.15, -0.1) is 0 Å². The molecule has 0 aromatic heterocycles. The monoisotopic (exact) mass is 354 g/mol. The van der Waals surface area contributed by atoms with Crippen molar-refractivity contribution < 1.29 is 18.3 Å². The number of nitrogens with one attached hydrogen (secondary N) is 1. The number of nitrogens with zero attached hydrogens (tertiary/aromatic N) is 1. The minimum atomic E-state index is -2.51. The van der Waals surface area contributed by atoms with Crippen molar-refractivity contribution in [3.8, 4) is 0 Å². The zero-order valence-electron chi connectivity index (χ0n) is 15.4. The van der Waals surface area contributed by atoms with Crippen LogP contribution in [0.15, 0.2) is 24.3 Å². The lowest BCUT2D eigenvalue weighted by Crippen LogP contribution is -2.38. The first-order valence-corrected chi connectivity index (χ1v) is 8.73. The smallest absolute Gasteiger partial charge is 0.408 e. The number of piperidine rings is 1. The maximum absolute atomic E-state index is 13.2. The van der Waals surface area contributed by atoms with Crippen molar-refractivity contribution in [2.75, 3.05) is 13.1 Å². The molecule has 1 atom stereocenters. The first-order chi connectivity index (χ1) is 11.5. The van der Waals surface area contributed by atoms with Gasteiger partial charge in [0.2, 0.25) is 0 Å². The number of carbonyl (C=O) groups excluding carboxylic acids is 1. The van der Waals surface area contributed by atoms with Gasteiger partial charge < -0.3 is 10.1 Å². The fourth-order valence-electron chi connectivity index (χ4n) is 2.78. The molecule has 1 fully saturated rings. The van der Waals surface area contributed by atoms with Crippen LogP contribution in [-0.2, 0) is 11.3 Å². The molecule has 1 aliphatic rings. The molecule has 25 heavy (non-hydrogen) atoms. The summed E-state index contributed by atoms with van der Waals surface area (Å²) >= 11 is 0. The van der Waals surface area contributed by atoms with Gasteiger partial charge in [-0.3, -0.25) is 4.90 Å². The van der Waals surface area contributed by atoms with Crippen LogP contribution in [0.3, 0.4) is 0 Å². The van der Waals surface area contributed by atoms with E-state index in [1.54, 1.807) is 0 Å². The van der Waals surface area contributed by atoms with E-state index >= 15 is 0 Å². The number of hydrogen-bond acceptors (Lipinski definition) is 3. The van der Waals surface area contributed by atoms with Crippen molar-refractivity contribution in [2.45, 2.75) is 64.6 Å². The molecule has 1 aromatic rings. The SMILES string of the molecule is CC(NC(=O)OC(C)(C)C)c1ccc(CN2CCC(F)(F)CC2)cc1. The molecule has 6 heteroatoms. The highest BCUT2D eigenvalue weighted by molar-refractivity contribution is 5.68. The number of ether oxygens (including phenoxy) is 1. The van der Waals surface area contributed by atoms with Gasteiger partial charge in [-0.05, 0) is 38.8 Å². The topological polar surface area (TPSA) is 41.6 Å². The molecule has 1 saturated heterocycles. The Morgan fingerprint density at radius 1 is 1.24 bits per heavy atom. The zero-order chi connectivity index (χ0) is 18.7. The first kappa shape index (κ1) is 19.6. The molecule has 1 heterocycles. The van der Waals surface area contributed by atoms with Crippen LogP contribution in [0.4, 0.5) is 13.6 Å². The summed E-state index contributed by atoms with van der Waals surface area (Å²) in [6.07, 6.45) is -0.581. The van der Waals surface area contributed by atoms with Crippen LogP contribution in [0, 0.1) is 0 Å². The van der Waals surface area contributed by atoms with E-state index < -0.39 is 17.6 Å². The average Bonchev–Trinajstić information content (AvgIpc) is 2.48. The van der Waals surface area contributed by atoms with Crippen molar-refractivity contribution in [1.29, 1.82) is 0 Å². The first-order valence-electron chi connectivity index (χ1n) is 8.73. The third kappa shape index (κ3) is 6.61. The Balaban J connectivity index is 1.86. The van der Waals surface area contributed by atoms with Crippen molar-refractivity contribution in [1.82, 2.24) is 10.2 Å². The van der Waals surface area contributed by atoms with Crippen molar-refractivity contribution in [3.63, 3.8) is 0 Å². The summed E-state index contributed by atoms with van der Waals surface area (Å²) in [4.78, 5) is 13.9. The fourth-order valence-corrected chi connectivity index (χ4v) is 2.78. The Hall–Kier alpha value is -1.69. The van der Waals surface area contributed by atoms with Crippen LogP contribution in [0.2, 0.25) is 0 Å². The fraction of sp³-hybridized carbons (Fsp3) is 0.632. The van der Waals surface area contributed by atoms with Gasteiger partial charge in [0, 0.05) is 32.5 Å². The van der Waals surface area contributed by atoms with E-state index in [2.05, 4.69) is 10.2 Å². The molecule has 1 aliphatic heterocycles. The largest absolute Gasteiger partial charge is 0.444 e. The number of rotatable bonds is 4. The van der Waals surface area contributed by atoms with Crippen LogP contribution >= 0.6 is 0 Å². The molecule has 0 spiro atoms. The Morgan fingerprint density at radius 2 is 1.80 bits per heavy atom. The number of alkyl carbamates (subject to hydrolysis) is 1. The predicted molar refractivity (Wildman–Crippen MR) is 93.7 cm³/mol. The maximum atomic E-state index is 13.2. The van der Waals surface area contributed by atoms with Crippen molar-refractivity contribution in [3.05, 3.63) is 35.4 Å². The lowest BCUT2D eigenvalue weighted by Gasteiger charge is -2.31. The standard InChI is InChI=1S/C19H28F2N2O2/c1-14(22-17(24)25-18(2,3)4)16-7-5-15(6-8-16)13-23-11-9-19(20,21)10-12-23/h5-8,14H,9-13H2,1-4H3,(H,22,24). The van der Waals surface area contributed by atoms with Crippen LogP contribution in [0.5, 0.6) is 0 Å². The summed E-state index contributed by atoms with van der Waals surface area (Å²) in [6.45, 7) is 8.88. The molecule has 1 aromatic carbocycles.